The highest BCUT2D eigenvalue weighted by Gasteiger charge is 2.26. The molecule has 7 heteroatoms. The normalized spacial score (nSPS) is 16.0. The Hall–Kier alpha value is -2.25. The maximum absolute atomic E-state index is 13.0. The predicted octanol–water partition coefficient (Wildman–Crippen LogP) is 3.58. The first-order valence-corrected chi connectivity index (χ1v) is 11.5. The fourth-order valence-corrected chi connectivity index (χ4v) is 5.24. The van der Waals surface area contributed by atoms with Crippen molar-refractivity contribution >= 4 is 45.8 Å². The Morgan fingerprint density at radius 3 is 2.75 bits per heavy atom. The number of amides is 2. The molecule has 0 spiro atoms. The summed E-state index contributed by atoms with van der Waals surface area (Å²) in [5.74, 6) is 1.83. The van der Waals surface area contributed by atoms with Gasteiger partial charge in [0.1, 0.15) is 6.04 Å². The number of aromatic nitrogens is 1. The summed E-state index contributed by atoms with van der Waals surface area (Å²) in [7, 11) is 0. The van der Waals surface area contributed by atoms with Crippen molar-refractivity contribution in [1.82, 2.24) is 15.6 Å². The molecule has 3 heterocycles. The first kappa shape index (κ1) is 19.1. The van der Waals surface area contributed by atoms with Crippen molar-refractivity contribution in [3.8, 4) is 0 Å². The number of carbonyl (C=O) groups excluding carboxylic acids is 2. The number of fused-ring (bicyclic) bond motifs is 1. The van der Waals surface area contributed by atoms with Gasteiger partial charge in [-0.3, -0.25) is 9.59 Å². The molecule has 1 saturated heterocycles. The van der Waals surface area contributed by atoms with Crippen LogP contribution >= 0.6 is 23.1 Å². The molecule has 1 fully saturated rings. The van der Waals surface area contributed by atoms with Gasteiger partial charge in [-0.25, -0.2) is 0 Å². The maximum atomic E-state index is 13.0. The highest BCUT2D eigenvalue weighted by atomic mass is 32.2. The third kappa shape index (κ3) is 4.42. The average molecular weight is 414 g/mol. The minimum absolute atomic E-state index is 0.105. The first-order chi connectivity index (χ1) is 13.7. The van der Waals surface area contributed by atoms with E-state index < -0.39 is 6.04 Å². The van der Waals surface area contributed by atoms with Crippen LogP contribution in [0.5, 0.6) is 0 Å². The van der Waals surface area contributed by atoms with Crippen LogP contribution in [0.25, 0.3) is 10.9 Å². The fraction of sp³-hybridized carbons (Fsp3) is 0.333. The number of para-hydroxylation sites is 1. The van der Waals surface area contributed by atoms with Crippen LogP contribution in [0.4, 0.5) is 0 Å². The molecule has 3 N–H and O–H groups in total. The highest BCUT2D eigenvalue weighted by molar-refractivity contribution is 7.99. The summed E-state index contributed by atoms with van der Waals surface area (Å²) >= 11 is 3.30. The van der Waals surface area contributed by atoms with Gasteiger partial charge in [-0.05, 0) is 47.4 Å². The smallest absolute Gasteiger partial charge is 0.262 e. The van der Waals surface area contributed by atoms with Gasteiger partial charge < -0.3 is 15.6 Å². The van der Waals surface area contributed by atoms with Crippen LogP contribution in [0.15, 0.2) is 48.0 Å². The molecule has 2 amide bonds. The summed E-state index contributed by atoms with van der Waals surface area (Å²) in [6, 6.07) is 11.2. The summed E-state index contributed by atoms with van der Waals surface area (Å²) in [5.41, 5.74) is 2.06. The number of nitrogens with one attached hydrogen (secondary N) is 3. The highest BCUT2D eigenvalue weighted by Crippen LogP contribution is 2.21. The minimum atomic E-state index is -0.608. The van der Waals surface area contributed by atoms with Crippen molar-refractivity contribution in [3.63, 3.8) is 0 Å². The van der Waals surface area contributed by atoms with E-state index in [9.17, 15) is 9.59 Å². The average Bonchev–Trinajstić information content (AvgIpc) is 3.39. The summed E-state index contributed by atoms with van der Waals surface area (Å²) in [5, 5.41) is 9.06. The van der Waals surface area contributed by atoms with E-state index in [2.05, 4.69) is 15.6 Å². The minimum Gasteiger partial charge on any atom is -0.361 e. The number of thioether (sulfide) groups is 1. The standard InChI is InChI=1S/C21H23N3O2S2/c25-20(23-15-7-10-27-11-8-15)18(24-21(26)19-6-3-9-28-19)12-14-13-22-17-5-2-1-4-16(14)17/h1-6,9,13,15,18,22H,7-8,10-12H2,(H,23,25)(H,24,26). The van der Waals surface area contributed by atoms with Gasteiger partial charge in [0, 0.05) is 29.6 Å². The second-order valence-electron chi connectivity index (χ2n) is 6.96. The van der Waals surface area contributed by atoms with Crippen LogP contribution in [-0.4, -0.2) is 40.4 Å². The molecule has 2 aromatic heterocycles. The molecule has 0 bridgehead atoms. The molecule has 1 aromatic carbocycles. The molecule has 28 heavy (non-hydrogen) atoms. The number of benzene rings is 1. The van der Waals surface area contributed by atoms with Gasteiger partial charge >= 0.3 is 0 Å². The molecule has 0 aliphatic carbocycles. The number of aromatic amines is 1. The molecule has 1 aliphatic heterocycles. The van der Waals surface area contributed by atoms with Crippen LogP contribution in [0.2, 0.25) is 0 Å². The van der Waals surface area contributed by atoms with Gasteiger partial charge in [0.05, 0.1) is 4.88 Å². The third-order valence-corrected chi connectivity index (χ3v) is 6.95. The van der Waals surface area contributed by atoms with Crippen molar-refractivity contribution in [2.75, 3.05) is 11.5 Å². The van der Waals surface area contributed by atoms with E-state index in [0.717, 1.165) is 40.8 Å². The summed E-state index contributed by atoms with van der Waals surface area (Å²) in [6.45, 7) is 0. The lowest BCUT2D eigenvalue weighted by Crippen LogP contribution is -2.51. The van der Waals surface area contributed by atoms with Crippen LogP contribution in [0, 0.1) is 0 Å². The number of carbonyl (C=O) groups is 2. The van der Waals surface area contributed by atoms with Crippen molar-refractivity contribution in [2.24, 2.45) is 0 Å². The molecule has 3 aromatic rings. The Bertz CT molecular complexity index is 946. The van der Waals surface area contributed by atoms with E-state index in [-0.39, 0.29) is 17.9 Å². The maximum Gasteiger partial charge on any atom is 0.262 e. The Kier molecular flexibility index (Phi) is 6.02. The van der Waals surface area contributed by atoms with E-state index in [1.165, 1.54) is 11.3 Å². The lowest BCUT2D eigenvalue weighted by Gasteiger charge is -2.25. The zero-order chi connectivity index (χ0) is 19.3. The van der Waals surface area contributed by atoms with Gasteiger partial charge in [0.15, 0.2) is 0 Å². The Balaban J connectivity index is 1.53. The lowest BCUT2D eigenvalue weighted by atomic mass is 10.0. The number of H-pyrrole nitrogens is 1. The molecule has 0 saturated carbocycles. The van der Waals surface area contributed by atoms with E-state index in [0.29, 0.717) is 11.3 Å². The van der Waals surface area contributed by atoms with Crippen LogP contribution in [0.3, 0.4) is 0 Å². The fourth-order valence-electron chi connectivity index (χ4n) is 3.51. The largest absolute Gasteiger partial charge is 0.361 e. The number of rotatable bonds is 6. The molecular weight excluding hydrogens is 390 g/mol. The van der Waals surface area contributed by atoms with E-state index in [1.807, 2.05) is 53.7 Å². The van der Waals surface area contributed by atoms with Crippen molar-refractivity contribution in [3.05, 3.63) is 58.4 Å². The quantitative estimate of drug-likeness (QED) is 0.578. The lowest BCUT2D eigenvalue weighted by molar-refractivity contribution is -0.123. The zero-order valence-electron chi connectivity index (χ0n) is 15.4. The molecule has 1 aliphatic rings. The summed E-state index contributed by atoms with van der Waals surface area (Å²) < 4.78 is 0. The van der Waals surface area contributed by atoms with Gasteiger partial charge in [-0.15, -0.1) is 11.3 Å². The first-order valence-electron chi connectivity index (χ1n) is 9.48. The molecule has 4 rings (SSSR count). The number of thiophene rings is 1. The van der Waals surface area contributed by atoms with Gasteiger partial charge in [0.25, 0.3) is 5.91 Å². The topological polar surface area (TPSA) is 74.0 Å². The Morgan fingerprint density at radius 2 is 1.96 bits per heavy atom. The summed E-state index contributed by atoms with van der Waals surface area (Å²) in [6.07, 6.45) is 4.35. The second kappa shape index (κ2) is 8.84. The Morgan fingerprint density at radius 1 is 1.14 bits per heavy atom. The van der Waals surface area contributed by atoms with Crippen molar-refractivity contribution in [1.29, 1.82) is 0 Å². The number of hydrogen-bond acceptors (Lipinski definition) is 4. The van der Waals surface area contributed by atoms with E-state index in [4.69, 9.17) is 0 Å². The molecule has 1 atom stereocenters. The molecule has 1 unspecified atom stereocenters. The number of hydrogen-bond donors (Lipinski definition) is 3. The van der Waals surface area contributed by atoms with Crippen LogP contribution in [0.1, 0.15) is 28.1 Å². The van der Waals surface area contributed by atoms with Crippen LogP contribution < -0.4 is 10.6 Å². The van der Waals surface area contributed by atoms with E-state index in [1.54, 1.807) is 6.07 Å². The van der Waals surface area contributed by atoms with Crippen molar-refractivity contribution < 1.29 is 9.59 Å². The van der Waals surface area contributed by atoms with Gasteiger partial charge in [-0.1, -0.05) is 24.3 Å². The molecular formula is C21H23N3O2S2. The van der Waals surface area contributed by atoms with Crippen molar-refractivity contribution in [2.45, 2.75) is 31.3 Å². The van der Waals surface area contributed by atoms with Gasteiger partial charge in [0.2, 0.25) is 5.91 Å². The Labute approximate surface area is 172 Å². The predicted molar refractivity (Wildman–Crippen MR) is 116 cm³/mol. The third-order valence-electron chi connectivity index (χ3n) is 5.03. The zero-order valence-corrected chi connectivity index (χ0v) is 17.1. The van der Waals surface area contributed by atoms with Gasteiger partial charge in [-0.2, -0.15) is 11.8 Å². The molecule has 0 radical (unpaired) electrons. The second-order valence-corrected chi connectivity index (χ2v) is 9.13. The monoisotopic (exact) mass is 413 g/mol. The van der Waals surface area contributed by atoms with Crippen LogP contribution in [-0.2, 0) is 11.2 Å². The van der Waals surface area contributed by atoms with E-state index >= 15 is 0 Å². The summed E-state index contributed by atoms with van der Waals surface area (Å²) in [4.78, 5) is 29.5. The SMILES string of the molecule is O=C(NC(Cc1c[nH]c2ccccc12)C(=O)NC1CCSCC1)c1cccs1. The molecule has 146 valence electrons. The molecule has 5 nitrogen and oxygen atoms in total.